The molecule has 0 amide bonds. The lowest BCUT2D eigenvalue weighted by Crippen LogP contribution is -2.17. The quantitative estimate of drug-likeness (QED) is 0.855. The topological polar surface area (TPSA) is 62.2 Å². The normalized spacial score (nSPS) is 12.6. The molecule has 2 aromatic heterocycles. The third-order valence-electron chi connectivity index (χ3n) is 3.12. The molecule has 6 heteroatoms. The maximum atomic E-state index is 10.9. The van der Waals surface area contributed by atoms with Gasteiger partial charge in [0.1, 0.15) is 9.88 Å². The number of nitrogens with one attached hydrogen (secondary N) is 1. The lowest BCUT2D eigenvalue weighted by molar-refractivity contribution is 0.0702. The van der Waals surface area contributed by atoms with Crippen molar-refractivity contribution in [2.45, 2.75) is 39.8 Å². The number of nitrogens with zero attached hydrogens (tertiary/aromatic N) is 1. The molecule has 0 saturated carbocycles. The highest BCUT2D eigenvalue weighted by Crippen LogP contribution is 2.24. The maximum absolute atomic E-state index is 10.9. The number of carboxylic acids is 1. The van der Waals surface area contributed by atoms with Crippen molar-refractivity contribution in [1.29, 1.82) is 0 Å². The summed E-state index contributed by atoms with van der Waals surface area (Å²) in [4.78, 5) is 18.1. The van der Waals surface area contributed by atoms with Crippen molar-refractivity contribution in [2.24, 2.45) is 0 Å². The smallest absolute Gasteiger partial charge is 0.345 e. The summed E-state index contributed by atoms with van der Waals surface area (Å²) < 4.78 is 0. The predicted octanol–water partition coefficient (Wildman–Crippen LogP) is 3.62. The monoisotopic (exact) mass is 310 g/mol. The fourth-order valence-electron chi connectivity index (χ4n) is 1.84. The number of thiazole rings is 1. The second kappa shape index (κ2) is 6.47. The Morgan fingerprint density at radius 2 is 2.25 bits per heavy atom. The van der Waals surface area contributed by atoms with Crippen LogP contribution in [-0.4, -0.2) is 16.1 Å². The summed E-state index contributed by atoms with van der Waals surface area (Å²) in [6, 6.07) is 1.93. The van der Waals surface area contributed by atoms with E-state index in [9.17, 15) is 4.79 Å². The van der Waals surface area contributed by atoms with Gasteiger partial charge in [-0.2, -0.15) is 0 Å². The molecule has 2 heterocycles. The van der Waals surface area contributed by atoms with Crippen LogP contribution in [-0.2, 0) is 13.0 Å². The van der Waals surface area contributed by atoms with Crippen molar-refractivity contribution in [2.75, 3.05) is 0 Å². The minimum atomic E-state index is -0.857. The summed E-state index contributed by atoms with van der Waals surface area (Å²) in [6.45, 7) is 6.82. The summed E-state index contributed by atoms with van der Waals surface area (Å²) >= 11 is 3.05. The maximum Gasteiger partial charge on any atom is 0.345 e. The van der Waals surface area contributed by atoms with Crippen LogP contribution >= 0.6 is 22.7 Å². The van der Waals surface area contributed by atoms with Crippen LogP contribution in [0.4, 0.5) is 0 Å². The standard InChI is InChI=1S/C14H18N2O2S2/c1-4-11-7-16-13(20-11)8(2)15-6-10-5-12(14(17)18)19-9(10)3/h5,7-8,15H,4,6H2,1-3H3,(H,17,18). The number of carbonyl (C=O) groups is 1. The predicted molar refractivity (Wildman–Crippen MR) is 82.8 cm³/mol. The van der Waals surface area contributed by atoms with E-state index < -0.39 is 5.97 Å². The molecule has 0 aliphatic heterocycles. The van der Waals surface area contributed by atoms with Crippen molar-refractivity contribution in [3.05, 3.63) is 37.5 Å². The molecule has 0 radical (unpaired) electrons. The molecule has 1 atom stereocenters. The highest BCUT2D eigenvalue weighted by Gasteiger charge is 2.13. The van der Waals surface area contributed by atoms with E-state index in [0.717, 1.165) is 21.9 Å². The molecule has 2 aromatic rings. The Balaban J connectivity index is 1.99. The highest BCUT2D eigenvalue weighted by atomic mass is 32.1. The number of hydrogen-bond acceptors (Lipinski definition) is 5. The van der Waals surface area contributed by atoms with Gasteiger partial charge < -0.3 is 10.4 Å². The van der Waals surface area contributed by atoms with Crippen molar-refractivity contribution in [1.82, 2.24) is 10.3 Å². The zero-order chi connectivity index (χ0) is 14.7. The molecule has 0 bridgehead atoms. The summed E-state index contributed by atoms with van der Waals surface area (Å²) in [7, 11) is 0. The fraction of sp³-hybridized carbons (Fsp3) is 0.429. The second-order valence-corrected chi connectivity index (χ2v) is 7.02. The molecule has 4 nitrogen and oxygen atoms in total. The third kappa shape index (κ3) is 3.45. The van der Waals surface area contributed by atoms with E-state index in [-0.39, 0.29) is 6.04 Å². The first-order valence-corrected chi connectivity index (χ1v) is 8.15. The van der Waals surface area contributed by atoms with Crippen molar-refractivity contribution < 1.29 is 9.90 Å². The summed E-state index contributed by atoms with van der Waals surface area (Å²) in [5.74, 6) is -0.857. The first kappa shape index (κ1) is 15.2. The van der Waals surface area contributed by atoms with E-state index in [1.807, 2.05) is 13.1 Å². The molecule has 0 aliphatic carbocycles. The Morgan fingerprint density at radius 3 is 2.80 bits per heavy atom. The molecular formula is C14H18N2O2S2. The van der Waals surface area contributed by atoms with Gasteiger partial charge in [0.05, 0.1) is 6.04 Å². The highest BCUT2D eigenvalue weighted by molar-refractivity contribution is 7.14. The van der Waals surface area contributed by atoms with Gasteiger partial charge in [0.2, 0.25) is 0 Å². The van der Waals surface area contributed by atoms with Gasteiger partial charge in [0.15, 0.2) is 0 Å². The van der Waals surface area contributed by atoms with E-state index >= 15 is 0 Å². The van der Waals surface area contributed by atoms with Gasteiger partial charge in [-0.25, -0.2) is 9.78 Å². The van der Waals surface area contributed by atoms with Crippen LogP contribution in [0.3, 0.4) is 0 Å². The zero-order valence-electron chi connectivity index (χ0n) is 11.8. The van der Waals surface area contributed by atoms with Gasteiger partial charge >= 0.3 is 5.97 Å². The van der Waals surface area contributed by atoms with Crippen LogP contribution < -0.4 is 5.32 Å². The van der Waals surface area contributed by atoms with E-state index in [1.165, 1.54) is 16.2 Å². The molecule has 0 spiro atoms. The van der Waals surface area contributed by atoms with Gasteiger partial charge in [-0.1, -0.05) is 6.92 Å². The van der Waals surface area contributed by atoms with Gasteiger partial charge in [-0.05, 0) is 31.9 Å². The number of aromatic nitrogens is 1. The summed E-state index contributed by atoms with van der Waals surface area (Å²) in [5, 5.41) is 13.5. The van der Waals surface area contributed by atoms with Crippen molar-refractivity contribution >= 4 is 28.6 Å². The molecule has 108 valence electrons. The molecule has 1 unspecified atom stereocenters. The van der Waals surface area contributed by atoms with Gasteiger partial charge in [-0.3, -0.25) is 0 Å². The second-order valence-electron chi connectivity index (χ2n) is 4.62. The van der Waals surface area contributed by atoms with Crippen LogP contribution in [0.15, 0.2) is 12.3 Å². The van der Waals surface area contributed by atoms with Crippen LogP contribution in [0.25, 0.3) is 0 Å². The molecule has 0 aliphatic rings. The molecule has 0 fully saturated rings. The largest absolute Gasteiger partial charge is 0.477 e. The van der Waals surface area contributed by atoms with E-state index in [2.05, 4.69) is 24.1 Å². The fourth-order valence-corrected chi connectivity index (χ4v) is 3.60. The third-order valence-corrected chi connectivity index (χ3v) is 5.53. The Kier molecular flexibility index (Phi) is 4.91. The number of rotatable bonds is 6. The number of aryl methyl sites for hydroxylation is 2. The Hall–Kier alpha value is -1.24. The lowest BCUT2D eigenvalue weighted by Gasteiger charge is -2.10. The average molecular weight is 310 g/mol. The van der Waals surface area contributed by atoms with E-state index in [4.69, 9.17) is 5.11 Å². The van der Waals surface area contributed by atoms with Gasteiger partial charge in [-0.15, -0.1) is 22.7 Å². The molecule has 0 saturated heterocycles. The Labute approximate surface area is 126 Å². The Bertz CT molecular complexity index is 604. The van der Waals surface area contributed by atoms with Gasteiger partial charge in [0, 0.05) is 22.5 Å². The zero-order valence-corrected chi connectivity index (χ0v) is 13.4. The minimum absolute atomic E-state index is 0.174. The SMILES string of the molecule is CCc1cnc(C(C)NCc2cc(C(=O)O)sc2C)s1. The number of aromatic carboxylic acids is 1. The van der Waals surface area contributed by atoms with Crippen LogP contribution in [0, 0.1) is 6.92 Å². The number of thiophene rings is 1. The number of hydrogen-bond donors (Lipinski definition) is 2. The molecule has 2 N–H and O–H groups in total. The lowest BCUT2D eigenvalue weighted by atomic mass is 10.2. The molecule has 0 aromatic carbocycles. The minimum Gasteiger partial charge on any atom is -0.477 e. The molecule has 20 heavy (non-hydrogen) atoms. The average Bonchev–Trinajstić information content (AvgIpc) is 3.02. The summed E-state index contributed by atoms with van der Waals surface area (Å²) in [6.07, 6.45) is 2.94. The van der Waals surface area contributed by atoms with E-state index in [0.29, 0.717) is 11.4 Å². The molecular weight excluding hydrogens is 292 g/mol. The van der Waals surface area contributed by atoms with Crippen molar-refractivity contribution in [3.63, 3.8) is 0 Å². The molecule has 2 rings (SSSR count). The Morgan fingerprint density at radius 1 is 1.50 bits per heavy atom. The first-order valence-electron chi connectivity index (χ1n) is 6.51. The summed E-state index contributed by atoms with van der Waals surface area (Å²) in [5.41, 5.74) is 1.05. The first-order chi connectivity index (χ1) is 9.51. The van der Waals surface area contributed by atoms with Crippen LogP contribution in [0.1, 0.15) is 49.9 Å². The van der Waals surface area contributed by atoms with Crippen molar-refractivity contribution in [3.8, 4) is 0 Å². The van der Waals surface area contributed by atoms with Crippen LogP contribution in [0.2, 0.25) is 0 Å². The number of carboxylic acid groups (broad SMARTS) is 1. The van der Waals surface area contributed by atoms with Crippen LogP contribution in [0.5, 0.6) is 0 Å². The van der Waals surface area contributed by atoms with Gasteiger partial charge in [0.25, 0.3) is 0 Å². The van der Waals surface area contributed by atoms with E-state index in [1.54, 1.807) is 17.4 Å².